The van der Waals surface area contributed by atoms with Gasteiger partial charge in [-0.25, -0.2) is 17.9 Å². The van der Waals surface area contributed by atoms with Crippen LogP contribution >= 0.6 is 22.6 Å². The van der Waals surface area contributed by atoms with E-state index < -0.39 is 16.0 Å². The number of rotatable bonds is 7. The third-order valence-electron chi connectivity index (χ3n) is 4.30. The second-order valence-electron chi connectivity index (χ2n) is 6.21. The Labute approximate surface area is 177 Å². The van der Waals surface area contributed by atoms with Crippen molar-refractivity contribution in [2.75, 3.05) is 13.2 Å². The SMILES string of the molecule is CCOC(=O)c1oc2ccc(S(=O)(=O)NCCc3ccc(I)cc3)cc2c1C. The second-order valence-corrected chi connectivity index (χ2v) is 9.22. The molecule has 3 rings (SSSR count). The van der Waals surface area contributed by atoms with Crippen LogP contribution in [0.15, 0.2) is 51.8 Å². The summed E-state index contributed by atoms with van der Waals surface area (Å²) >= 11 is 2.23. The van der Waals surface area contributed by atoms with E-state index in [1.165, 1.54) is 12.1 Å². The predicted molar refractivity (Wildman–Crippen MR) is 115 cm³/mol. The number of ether oxygens (including phenoxy) is 1. The molecule has 8 heteroatoms. The smallest absolute Gasteiger partial charge is 0.374 e. The fourth-order valence-corrected chi connectivity index (χ4v) is 4.24. The van der Waals surface area contributed by atoms with Crippen LogP contribution in [-0.4, -0.2) is 27.5 Å². The molecule has 0 spiro atoms. The number of benzene rings is 2. The van der Waals surface area contributed by atoms with Crippen LogP contribution in [-0.2, 0) is 21.2 Å². The van der Waals surface area contributed by atoms with Gasteiger partial charge < -0.3 is 9.15 Å². The lowest BCUT2D eigenvalue weighted by Gasteiger charge is -2.07. The fraction of sp³-hybridized carbons (Fsp3) is 0.250. The van der Waals surface area contributed by atoms with Gasteiger partial charge in [0.15, 0.2) is 0 Å². The van der Waals surface area contributed by atoms with Gasteiger partial charge in [0, 0.05) is 21.1 Å². The highest BCUT2D eigenvalue weighted by Crippen LogP contribution is 2.28. The van der Waals surface area contributed by atoms with Crippen molar-refractivity contribution in [1.82, 2.24) is 4.72 Å². The van der Waals surface area contributed by atoms with Crippen LogP contribution in [0, 0.1) is 10.5 Å². The van der Waals surface area contributed by atoms with Crippen molar-refractivity contribution in [3.63, 3.8) is 0 Å². The number of esters is 1. The monoisotopic (exact) mass is 513 g/mol. The number of fused-ring (bicyclic) bond motifs is 1. The number of furan rings is 1. The largest absolute Gasteiger partial charge is 0.460 e. The topological polar surface area (TPSA) is 85.6 Å². The molecular formula is C20H20INO5S. The van der Waals surface area contributed by atoms with Gasteiger partial charge in [-0.3, -0.25) is 0 Å². The quantitative estimate of drug-likeness (QED) is 0.381. The standard InChI is InChI=1S/C20H20INO5S/c1-3-26-20(23)19-13(2)17-12-16(8-9-18(17)27-19)28(24,25)22-11-10-14-4-6-15(21)7-5-14/h4-9,12,22H,3,10-11H2,1-2H3. The Morgan fingerprint density at radius 3 is 2.57 bits per heavy atom. The molecule has 6 nitrogen and oxygen atoms in total. The number of sulfonamides is 1. The molecule has 0 amide bonds. The molecule has 0 saturated carbocycles. The Morgan fingerprint density at radius 2 is 1.89 bits per heavy atom. The number of halogens is 1. The van der Waals surface area contributed by atoms with Crippen molar-refractivity contribution in [3.8, 4) is 0 Å². The van der Waals surface area contributed by atoms with Crippen molar-refractivity contribution in [2.24, 2.45) is 0 Å². The van der Waals surface area contributed by atoms with Crippen LogP contribution in [0.3, 0.4) is 0 Å². The number of carbonyl (C=O) groups is 1. The molecule has 0 fully saturated rings. The van der Waals surface area contributed by atoms with E-state index in [1.807, 2.05) is 24.3 Å². The summed E-state index contributed by atoms with van der Waals surface area (Å²) in [7, 11) is -3.68. The normalized spacial score (nSPS) is 11.7. The molecule has 0 radical (unpaired) electrons. The Bertz CT molecular complexity index is 1100. The Kier molecular flexibility index (Phi) is 6.41. The molecule has 0 saturated heterocycles. The Hall–Kier alpha value is -1.91. The molecule has 1 aromatic heterocycles. The van der Waals surface area contributed by atoms with E-state index in [4.69, 9.17) is 9.15 Å². The van der Waals surface area contributed by atoms with E-state index in [-0.39, 0.29) is 17.3 Å². The van der Waals surface area contributed by atoms with Gasteiger partial charge in [-0.05, 0) is 78.8 Å². The minimum Gasteiger partial charge on any atom is -0.460 e. The Morgan fingerprint density at radius 1 is 1.18 bits per heavy atom. The third kappa shape index (κ3) is 4.56. The van der Waals surface area contributed by atoms with Gasteiger partial charge >= 0.3 is 5.97 Å². The molecular weight excluding hydrogens is 493 g/mol. The first-order valence-corrected chi connectivity index (χ1v) is 11.3. The Balaban J connectivity index is 1.78. The van der Waals surface area contributed by atoms with Gasteiger partial charge in [-0.15, -0.1) is 0 Å². The van der Waals surface area contributed by atoms with E-state index >= 15 is 0 Å². The van der Waals surface area contributed by atoms with Crippen molar-refractivity contribution in [2.45, 2.75) is 25.2 Å². The average molecular weight is 513 g/mol. The molecule has 3 aromatic rings. The van der Waals surface area contributed by atoms with Gasteiger partial charge in [0.25, 0.3) is 0 Å². The second kappa shape index (κ2) is 8.62. The fourth-order valence-electron chi connectivity index (χ4n) is 2.82. The third-order valence-corrected chi connectivity index (χ3v) is 6.48. The summed E-state index contributed by atoms with van der Waals surface area (Å²) in [6.07, 6.45) is 0.593. The number of nitrogens with one attached hydrogen (secondary N) is 1. The molecule has 1 N–H and O–H groups in total. The molecule has 0 unspecified atom stereocenters. The summed E-state index contributed by atoms with van der Waals surface area (Å²) in [5.41, 5.74) is 2.06. The van der Waals surface area contributed by atoms with E-state index in [2.05, 4.69) is 27.3 Å². The minimum absolute atomic E-state index is 0.0954. The van der Waals surface area contributed by atoms with Crippen molar-refractivity contribution in [3.05, 3.63) is 62.9 Å². The molecule has 0 aliphatic rings. The number of carbonyl (C=O) groups excluding carboxylic acids is 1. The highest BCUT2D eigenvalue weighted by atomic mass is 127. The van der Waals surface area contributed by atoms with Crippen molar-refractivity contribution < 1.29 is 22.4 Å². The summed E-state index contributed by atoms with van der Waals surface area (Å²) in [4.78, 5) is 12.1. The molecule has 2 aromatic carbocycles. The average Bonchev–Trinajstić information content (AvgIpc) is 3.00. The van der Waals surface area contributed by atoms with Crippen LogP contribution in [0.5, 0.6) is 0 Å². The molecule has 0 aliphatic heterocycles. The number of aryl methyl sites for hydroxylation is 1. The molecule has 0 bridgehead atoms. The van der Waals surface area contributed by atoms with Crippen LogP contribution in [0.1, 0.15) is 28.6 Å². The van der Waals surface area contributed by atoms with Crippen LogP contribution < -0.4 is 4.72 Å². The van der Waals surface area contributed by atoms with Gasteiger partial charge in [0.1, 0.15) is 5.58 Å². The van der Waals surface area contributed by atoms with E-state index in [1.54, 1.807) is 19.9 Å². The van der Waals surface area contributed by atoms with E-state index in [0.717, 1.165) is 9.13 Å². The van der Waals surface area contributed by atoms with Crippen LogP contribution in [0.4, 0.5) is 0 Å². The first-order chi connectivity index (χ1) is 13.3. The lowest BCUT2D eigenvalue weighted by atomic mass is 10.1. The maximum absolute atomic E-state index is 12.6. The first-order valence-electron chi connectivity index (χ1n) is 8.76. The zero-order valence-electron chi connectivity index (χ0n) is 15.5. The number of hydrogen-bond donors (Lipinski definition) is 1. The van der Waals surface area contributed by atoms with Crippen LogP contribution in [0.25, 0.3) is 11.0 Å². The van der Waals surface area contributed by atoms with Gasteiger partial charge in [-0.2, -0.15) is 0 Å². The van der Waals surface area contributed by atoms with Gasteiger partial charge in [0.2, 0.25) is 15.8 Å². The summed E-state index contributed by atoms with van der Waals surface area (Å²) in [6, 6.07) is 12.5. The van der Waals surface area contributed by atoms with E-state index in [0.29, 0.717) is 29.5 Å². The summed E-state index contributed by atoms with van der Waals surface area (Å²) in [6.45, 7) is 3.94. The summed E-state index contributed by atoms with van der Waals surface area (Å²) in [5, 5.41) is 0.573. The number of hydrogen-bond acceptors (Lipinski definition) is 5. The zero-order valence-corrected chi connectivity index (χ0v) is 18.5. The molecule has 28 heavy (non-hydrogen) atoms. The first kappa shape index (κ1) is 20.8. The summed E-state index contributed by atoms with van der Waals surface area (Å²) in [5.74, 6) is -0.464. The zero-order chi connectivity index (χ0) is 20.3. The highest BCUT2D eigenvalue weighted by Gasteiger charge is 2.21. The lowest BCUT2D eigenvalue weighted by Crippen LogP contribution is -2.26. The van der Waals surface area contributed by atoms with Crippen molar-refractivity contribution >= 4 is 49.6 Å². The summed E-state index contributed by atoms with van der Waals surface area (Å²) < 4.78 is 39.5. The molecule has 0 atom stereocenters. The maximum Gasteiger partial charge on any atom is 0.374 e. The highest BCUT2D eigenvalue weighted by molar-refractivity contribution is 14.1. The van der Waals surface area contributed by atoms with E-state index in [9.17, 15) is 13.2 Å². The molecule has 148 valence electrons. The maximum atomic E-state index is 12.6. The lowest BCUT2D eigenvalue weighted by molar-refractivity contribution is 0.0491. The minimum atomic E-state index is -3.68. The van der Waals surface area contributed by atoms with Crippen molar-refractivity contribution in [1.29, 1.82) is 0 Å². The van der Waals surface area contributed by atoms with Gasteiger partial charge in [-0.1, -0.05) is 12.1 Å². The van der Waals surface area contributed by atoms with Gasteiger partial charge in [0.05, 0.1) is 11.5 Å². The molecule has 1 heterocycles. The van der Waals surface area contributed by atoms with Crippen LogP contribution in [0.2, 0.25) is 0 Å². The molecule has 0 aliphatic carbocycles. The predicted octanol–water partition coefficient (Wildman–Crippen LogP) is 4.04.